The zero-order chi connectivity index (χ0) is 27.1. The van der Waals surface area contributed by atoms with Gasteiger partial charge in [0.25, 0.3) is 0 Å². The zero-order valence-corrected chi connectivity index (χ0v) is 23.4. The molecular formula is C32H39N7O. The molecule has 7 rings (SSSR count). The van der Waals surface area contributed by atoms with Crippen LogP contribution in [-0.4, -0.2) is 105 Å². The van der Waals surface area contributed by atoms with E-state index in [2.05, 4.69) is 79.3 Å². The van der Waals surface area contributed by atoms with E-state index in [1.165, 1.54) is 16.9 Å². The number of aromatic nitrogens is 1. The van der Waals surface area contributed by atoms with Crippen LogP contribution in [0.2, 0.25) is 0 Å². The number of benzene rings is 2. The lowest BCUT2D eigenvalue weighted by Gasteiger charge is -2.52. The van der Waals surface area contributed by atoms with E-state index in [0.717, 1.165) is 89.4 Å². The van der Waals surface area contributed by atoms with Crippen molar-refractivity contribution in [2.45, 2.75) is 31.0 Å². The number of nitrogens with zero attached hydrogens (tertiary/aromatic N) is 6. The highest BCUT2D eigenvalue weighted by molar-refractivity contribution is 5.95. The molecule has 1 N–H and O–H groups in total. The lowest BCUT2D eigenvalue weighted by atomic mass is 9.91. The quantitative estimate of drug-likeness (QED) is 0.533. The predicted octanol–water partition coefficient (Wildman–Crippen LogP) is 2.72. The van der Waals surface area contributed by atoms with Gasteiger partial charge in [0, 0.05) is 87.4 Å². The van der Waals surface area contributed by atoms with Gasteiger partial charge in [-0.05, 0) is 55.3 Å². The monoisotopic (exact) mass is 537 g/mol. The van der Waals surface area contributed by atoms with Gasteiger partial charge in [-0.2, -0.15) is 5.26 Å². The first-order valence-corrected chi connectivity index (χ1v) is 14.8. The van der Waals surface area contributed by atoms with E-state index in [9.17, 15) is 5.26 Å². The number of rotatable bonds is 5. The normalized spacial score (nSPS) is 25.0. The van der Waals surface area contributed by atoms with Crippen LogP contribution in [0.5, 0.6) is 0 Å². The van der Waals surface area contributed by atoms with Crippen LogP contribution in [-0.2, 0) is 11.2 Å². The van der Waals surface area contributed by atoms with Crippen molar-refractivity contribution in [2.75, 3.05) is 81.9 Å². The molecule has 0 radical (unpaired) electrons. The number of pyridine rings is 1. The first-order valence-electron chi connectivity index (χ1n) is 14.8. The van der Waals surface area contributed by atoms with Gasteiger partial charge in [0.05, 0.1) is 30.8 Å². The fourth-order valence-corrected chi connectivity index (χ4v) is 7.26. The van der Waals surface area contributed by atoms with E-state index < -0.39 is 0 Å². The number of morpholine rings is 1. The van der Waals surface area contributed by atoms with Crippen LogP contribution in [0.4, 0.5) is 11.4 Å². The summed E-state index contributed by atoms with van der Waals surface area (Å²) in [4.78, 5) is 14.8. The van der Waals surface area contributed by atoms with Gasteiger partial charge in [0.15, 0.2) is 0 Å². The van der Waals surface area contributed by atoms with Crippen LogP contribution in [0.3, 0.4) is 0 Å². The number of piperazine rings is 2. The van der Waals surface area contributed by atoms with Crippen LogP contribution in [0.25, 0.3) is 10.9 Å². The molecule has 8 heteroatoms. The Morgan fingerprint density at radius 2 is 1.93 bits per heavy atom. The molecule has 3 aromatic rings. The Hall–Kier alpha value is -3.22. The summed E-state index contributed by atoms with van der Waals surface area (Å²) in [5, 5.41) is 14.1. The van der Waals surface area contributed by atoms with E-state index in [4.69, 9.17) is 4.74 Å². The molecule has 2 aromatic carbocycles. The molecule has 0 bridgehead atoms. The Kier molecular flexibility index (Phi) is 6.84. The first-order chi connectivity index (χ1) is 19.6. The Balaban J connectivity index is 0.968. The molecule has 0 aliphatic carbocycles. The maximum absolute atomic E-state index is 9.57. The number of nitrogens with one attached hydrogen (secondary N) is 1. The third-order valence-corrected chi connectivity index (χ3v) is 9.41. The van der Waals surface area contributed by atoms with E-state index in [1.807, 2.05) is 12.1 Å². The van der Waals surface area contributed by atoms with Gasteiger partial charge in [-0.25, -0.2) is 0 Å². The molecule has 1 aromatic heterocycles. The molecular weight excluding hydrogens is 498 g/mol. The molecule has 1 spiro atoms. The Morgan fingerprint density at radius 1 is 1.05 bits per heavy atom. The van der Waals surface area contributed by atoms with Crippen molar-refractivity contribution in [2.24, 2.45) is 0 Å². The second-order valence-electron chi connectivity index (χ2n) is 12.1. The maximum Gasteiger partial charge on any atom is 0.115 e. The highest BCUT2D eigenvalue weighted by Gasteiger charge is 2.45. The number of hydrogen-bond donors (Lipinski definition) is 1. The number of ether oxygens (including phenoxy) is 1. The first kappa shape index (κ1) is 25.7. The smallest absolute Gasteiger partial charge is 0.115 e. The summed E-state index contributed by atoms with van der Waals surface area (Å²) in [7, 11) is 0. The van der Waals surface area contributed by atoms with Gasteiger partial charge in [-0.1, -0.05) is 12.1 Å². The molecule has 40 heavy (non-hydrogen) atoms. The maximum atomic E-state index is 9.57. The van der Waals surface area contributed by atoms with Crippen molar-refractivity contribution in [3.63, 3.8) is 0 Å². The molecule has 8 nitrogen and oxygen atoms in total. The average molecular weight is 538 g/mol. The van der Waals surface area contributed by atoms with Crippen molar-refractivity contribution in [1.29, 1.82) is 5.26 Å². The summed E-state index contributed by atoms with van der Waals surface area (Å²) < 4.78 is 6.06. The minimum atomic E-state index is 0.0232. The third kappa shape index (κ3) is 4.82. The van der Waals surface area contributed by atoms with E-state index >= 15 is 0 Å². The summed E-state index contributed by atoms with van der Waals surface area (Å²) in [6.07, 6.45) is 2.86. The Labute approximate surface area is 237 Å². The fraction of sp³-hybridized carbons (Fsp3) is 0.500. The van der Waals surface area contributed by atoms with Gasteiger partial charge in [-0.15, -0.1) is 0 Å². The molecule has 0 amide bonds. The fourth-order valence-electron chi connectivity index (χ4n) is 7.26. The van der Waals surface area contributed by atoms with E-state index in [-0.39, 0.29) is 5.60 Å². The lowest BCUT2D eigenvalue weighted by Crippen LogP contribution is -2.69. The largest absolute Gasteiger partial charge is 0.369 e. The summed E-state index contributed by atoms with van der Waals surface area (Å²) in [5.74, 6) is 0. The van der Waals surface area contributed by atoms with Crippen LogP contribution < -0.4 is 15.1 Å². The molecule has 4 saturated heterocycles. The number of anilines is 2. The predicted molar refractivity (Wildman–Crippen MR) is 159 cm³/mol. The highest BCUT2D eigenvalue weighted by atomic mass is 16.5. The van der Waals surface area contributed by atoms with Gasteiger partial charge >= 0.3 is 0 Å². The minimum absolute atomic E-state index is 0.0232. The third-order valence-electron chi connectivity index (χ3n) is 9.41. The van der Waals surface area contributed by atoms with Crippen LogP contribution in [0.1, 0.15) is 18.1 Å². The van der Waals surface area contributed by atoms with Crippen LogP contribution in [0.15, 0.2) is 54.7 Å². The highest BCUT2D eigenvalue weighted by Crippen LogP contribution is 2.33. The topological polar surface area (TPSA) is 70.9 Å². The van der Waals surface area contributed by atoms with Crippen molar-refractivity contribution >= 4 is 22.3 Å². The van der Waals surface area contributed by atoms with E-state index in [1.54, 1.807) is 6.20 Å². The van der Waals surface area contributed by atoms with Crippen LogP contribution in [0, 0.1) is 11.3 Å². The van der Waals surface area contributed by atoms with Crippen LogP contribution >= 0.6 is 0 Å². The SMILES string of the molecule is C[C@@H]1CN(c2ccc(C#N)c3ncccc23)C[C@@H]2CN(CCc3ccc(N4CC5(CNCCO5)C4)cc3)CCN21. The summed E-state index contributed by atoms with van der Waals surface area (Å²) in [5.41, 5.74) is 5.39. The minimum Gasteiger partial charge on any atom is -0.369 e. The number of hydrogen-bond acceptors (Lipinski definition) is 8. The van der Waals surface area contributed by atoms with Crippen molar-refractivity contribution in [1.82, 2.24) is 20.1 Å². The Bertz CT molecular complexity index is 1390. The summed E-state index contributed by atoms with van der Waals surface area (Å²) >= 11 is 0. The van der Waals surface area contributed by atoms with Crippen molar-refractivity contribution in [3.05, 3.63) is 65.9 Å². The van der Waals surface area contributed by atoms with Crippen molar-refractivity contribution in [3.8, 4) is 6.07 Å². The van der Waals surface area contributed by atoms with E-state index in [0.29, 0.717) is 17.6 Å². The van der Waals surface area contributed by atoms with Gasteiger partial charge in [0.1, 0.15) is 11.7 Å². The average Bonchev–Trinajstić information content (AvgIpc) is 2.98. The van der Waals surface area contributed by atoms with Gasteiger partial charge < -0.3 is 24.8 Å². The summed E-state index contributed by atoms with van der Waals surface area (Å²) in [6.45, 7) is 13.5. The lowest BCUT2D eigenvalue weighted by molar-refractivity contribution is -0.0828. The number of fused-ring (bicyclic) bond motifs is 2. The second kappa shape index (κ2) is 10.6. The standard InChI is InChI=1S/C32H39N7O/c1-24-18-37(30-9-6-26(17-33)31-29(30)3-2-11-35-31)20-28-19-36(14-15-39(24)28)13-10-25-4-7-27(8-5-25)38-22-32(23-38)21-34-12-16-40-32/h2-9,11,24,28,34H,10,12-16,18-23H2,1H3/t24-,28+/m1/s1. The molecule has 2 atom stereocenters. The molecule has 208 valence electrons. The molecule has 4 fully saturated rings. The summed E-state index contributed by atoms with van der Waals surface area (Å²) in [6, 6.07) is 20.6. The zero-order valence-electron chi connectivity index (χ0n) is 23.4. The molecule has 5 heterocycles. The number of nitriles is 1. The van der Waals surface area contributed by atoms with Crippen molar-refractivity contribution < 1.29 is 4.74 Å². The Morgan fingerprint density at radius 3 is 2.73 bits per heavy atom. The second-order valence-corrected chi connectivity index (χ2v) is 12.1. The molecule has 4 aliphatic rings. The molecule has 0 unspecified atom stereocenters. The van der Waals surface area contributed by atoms with Gasteiger partial charge in [-0.3, -0.25) is 9.88 Å². The molecule has 0 saturated carbocycles. The van der Waals surface area contributed by atoms with Gasteiger partial charge in [0.2, 0.25) is 0 Å². The molecule has 4 aliphatic heterocycles.